The van der Waals surface area contributed by atoms with E-state index in [4.69, 9.17) is 9.84 Å². The van der Waals surface area contributed by atoms with Gasteiger partial charge in [-0.1, -0.05) is 0 Å². The standard InChI is InChI=1S/C10H11FO4/c1-15-6-2-3-7(8(11)4-6)9(12)5-10(13)14/h2-4,9,12H,5H2,1H3,(H,13,14)/t9-/m1/s1. The molecule has 82 valence electrons. The van der Waals surface area contributed by atoms with Gasteiger partial charge in [-0.05, 0) is 12.1 Å². The minimum atomic E-state index is -1.34. The molecule has 0 aliphatic heterocycles. The zero-order valence-electron chi connectivity index (χ0n) is 8.11. The zero-order valence-corrected chi connectivity index (χ0v) is 8.11. The lowest BCUT2D eigenvalue weighted by atomic mass is 10.1. The molecule has 0 spiro atoms. The predicted molar refractivity (Wildman–Crippen MR) is 50.2 cm³/mol. The van der Waals surface area contributed by atoms with E-state index in [2.05, 4.69) is 0 Å². The Hall–Kier alpha value is -1.62. The van der Waals surface area contributed by atoms with E-state index >= 15 is 0 Å². The number of carboxylic acids is 1. The normalized spacial score (nSPS) is 12.2. The van der Waals surface area contributed by atoms with Crippen LogP contribution in [0.3, 0.4) is 0 Å². The first-order valence-electron chi connectivity index (χ1n) is 4.28. The highest BCUT2D eigenvalue weighted by Crippen LogP contribution is 2.23. The number of carboxylic acid groups (broad SMARTS) is 1. The fraction of sp³-hybridized carbons (Fsp3) is 0.300. The van der Waals surface area contributed by atoms with Crippen LogP contribution in [0.15, 0.2) is 18.2 Å². The molecule has 15 heavy (non-hydrogen) atoms. The fourth-order valence-corrected chi connectivity index (χ4v) is 1.18. The SMILES string of the molecule is COc1ccc([C@H](O)CC(=O)O)c(F)c1. The summed E-state index contributed by atoms with van der Waals surface area (Å²) in [6.07, 6.45) is -1.86. The van der Waals surface area contributed by atoms with Gasteiger partial charge in [0.25, 0.3) is 0 Å². The van der Waals surface area contributed by atoms with Gasteiger partial charge in [0.1, 0.15) is 11.6 Å². The van der Waals surface area contributed by atoms with Crippen molar-refractivity contribution in [1.29, 1.82) is 0 Å². The molecule has 0 heterocycles. The van der Waals surface area contributed by atoms with Gasteiger partial charge in [0.15, 0.2) is 0 Å². The molecule has 0 saturated heterocycles. The van der Waals surface area contributed by atoms with E-state index in [1.165, 1.54) is 19.2 Å². The third-order valence-electron chi connectivity index (χ3n) is 1.93. The molecule has 5 heteroatoms. The molecule has 4 nitrogen and oxygen atoms in total. The first-order chi connectivity index (χ1) is 7.04. The van der Waals surface area contributed by atoms with Crippen molar-refractivity contribution in [1.82, 2.24) is 0 Å². The van der Waals surface area contributed by atoms with E-state index in [1.807, 2.05) is 0 Å². The highest BCUT2D eigenvalue weighted by molar-refractivity contribution is 5.67. The molecule has 0 unspecified atom stereocenters. The largest absolute Gasteiger partial charge is 0.497 e. The minimum absolute atomic E-state index is 0.0433. The molecule has 1 aromatic carbocycles. The first kappa shape index (κ1) is 11.5. The predicted octanol–water partition coefficient (Wildman–Crippen LogP) is 1.34. The van der Waals surface area contributed by atoms with Crippen LogP contribution in [0.4, 0.5) is 4.39 Å². The lowest BCUT2D eigenvalue weighted by molar-refractivity contribution is -0.139. The summed E-state index contributed by atoms with van der Waals surface area (Å²) in [5, 5.41) is 17.8. The van der Waals surface area contributed by atoms with Crippen molar-refractivity contribution >= 4 is 5.97 Å². The summed E-state index contributed by atoms with van der Waals surface area (Å²) >= 11 is 0. The molecule has 0 aliphatic rings. The van der Waals surface area contributed by atoms with Crippen molar-refractivity contribution in [3.8, 4) is 5.75 Å². The molecular formula is C10H11FO4. The number of aliphatic hydroxyl groups excluding tert-OH is 1. The van der Waals surface area contributed by atoms with Crippen molar-refractivity contribution in [3.63, 3.8) is 0 Å². The Morgan fingerprint density at radius 3 is 2.73 bits per heavy atom. The number of ether oxygens (including phenoxy) is 1. The topological polar surface area (TPSA) is 66.8 Å². The van der Waals surface area contributed by atoms with Crippen LogP contribution in [-0.4, -0.2) is 23.3 Å². The van der Waals surface area contributed by atoms with Crippen molar-refractivity contribution < 1.29 is 24.1 Å². The maximum absolute atomic E-state index is 13.3. The van der Waals surface area contributed by atoms with Gasteiger partial charge < -0.3 is 14.9 Å². The number of aliphatic carboxylic acids is 1. The van der Waals surface area contributed by atoms with Gasteiger partial charge in [-0.15, -0.1) is 0 Å². The molecule has 0 aliphatic carbocycles. The van der Waals surface area contributed by atoms with Crippen molar-refractivity contribution in [2.24, 2.45) is 0 Å². The Morgan fingerprint density at radius 2 is 2.27 bits per heavy atom. The van der Waals surface area contributed by atoms with Crippen molar-refractivity contribution in [2.75, 3.05) is 7.11 Å². The number of hydrogen-bond donors (Lipinski definition) is 2. The molecule has 1 rings (SSSR count). The van der Waals surface area contributed by atoms with Crippen molar-refractivity contribution in [2.45, 2.75) is 12.5 Å². The number of methoxy groups -OCH3 is 1. The van der Waals surface area contributed by atoms with Gasteiger partial charge in [0.2, 0.25) is 0 Å². The summed E-state index contributed by atoms with van der Waals surface area (Å²) in [7, 11) is 1.39. The second-order valence-corrected chi connectivity index (χ2v) is 3.00. The number of benzene rings is 1. The van der Waals surface area contributed by atoms with Gasteiger partial charge >= 0.3 is 5.97 Å². The van der Waals surface area contributed by atoms with Crippen LogP contribution < -0.4 is 4.74 Å². The third-order valence-corrected chi connectivity index (χ3v) is 1.93. The number of carbonyl (C=O) groups is 1. The lowest BCUT2D eigenvalue weighted by Crippen LogP contribution is -2.07. The zero-order chi connectivity index (χ0) is 11.4. The molecule has 1 aromatic rings. The molecule has 0 fully saturated rings. The Balaban J connectivity index is 2.90. The Morgan fingerprint density at radius 1 is 1.60 bits per heavy atom. The molecule has 0 bridgehead atoms. The number of aliphatic hydroxyl groups is 1. The fourth-order valence-electron chi connectivity index (χ4n) is 1.18. The monoisotopic (exact) mass is 214 g/mol. The molecule has 0 saturated carbocycles. The average molecular weight is 214 g/mol. The van der Waals surface area contributed by atoms with Gasteiger partial charge in [-0.2, -0.15) is 0 Å². The molecule has 1 atom stereocenters. The smallest absolute Gasteiger partial charge is 0.306 e. The number of halogens is 1. The van der Waals surface area contributed by atoms with E-state index < -0.39 is 24.3 Å². The van der Waals surface area contributed by atoms with E-state index in [0.717, 1.165) is 6.07 Å². The molecule has 0 amide bonds. The summed E-state index contributed by atoms with van der Waals surface area (Å²) in [5.74, 6) is -1.54. The minimum Gasteiger partial charge on any atom is -0.497 e. The van der Waals surface area contributed by atoms with Crippen LogP contribution in [-0.2, 0) is 4.79 Å². The summed E-state index contributed by atoms with van der Waals surface area (Å²) in [4.78, 5) is 10.3. The summed E-state index contributed by atoms with van der Waals surface area (Å²) in [6.45, 7) is 0. The average Bonchev–Trinajstić information content (AvgIpc) is 2.16. The Bertz CT molecular complexity index is 364. The van der Waals surface area contributed by atoms with Crippen LogP contribution in [0.2, 0.25) is 0 Å². The second-order valence-electron chi connectivity index (χ2n) is 3.00. The van der Waals surface area contributed by atoms with E-state index in [1.54, 1.807) is 0 Å². The summed E-state index contributed by atoms with van der Waals surface area (Å²) in [6, 6.07) is 3.87. The number of hydrogen-bond acceptors (Lipinski definition) is 3. The van der Waals surface area contributed by atoms with Gasteiger partial charge in [-0.25, -0.2) is 4.39 Å². The maximum atomic E-state index is 13.3. The van der Waals surface area contributed by atoms with E-state index in [9.17, 15) is 14.3 Å². The lowest BCUT2D eigenvalue weighted by Gasteiger charge is -2.10. The second kappa shape index (κ2) is 4.75. The summed E-state index contributed by atoms with van der Waals surface area (Å²) < 4.78 is 18.1. The maximum Gasteiger partial charge on any atom is 0.306 e. The van der Waals surface area contributed by atoms with Crippen LogP contribution >= 0.6 is 0 Å². The quantitative estimate of drug-likeness (QED) is 0.793. The molecule has 0 aromatic heterocycles. The molecule has 0 radical (unpaired) electrons. The van der Waals surface area contributed by atoms with Gasteiger partial charge in [-0.3, -0.25) is 4.79 Å². The molecular weight excluding hydrogens is 203 g/mol. The van der Waals surface area contributed by atoms with E-state index in [-0.39, 0.29) is 5.56 Å². The van der Waals surface area contributed by atoms with Crippen LogP contribution in [0, 0.1) is 5.82 Å². The van der Waals surface area contributed by atoms with Crippen LogP contribution in [0.1, 0.15) is 18.1 Å². The number of rotatable bonds is 4. The highest BCUT2D eigenvalue weighted by Gasteiger charge is 2.16. The van der Waals surface area contributed by atoms with Crippen molar-refractivity contribution in [3.05, 3.63) is 29.6 Å². The summed E-state index contributed by atoms with van der Waals surface area (Å²) in [5.41, 5.74) is -0.0433. The Kier molecular flexibility index (Phi) is 3.62. The first-order valence-corrected chi connectivity index (χ1v) is 4.28. The van der Waals surface area contributed by atoms with Gasteiger partial charge in [0, 0.05) is 11.6 Å². The molecule has 2 N–H and O–H groups in total. The Labute approximate surface area is 85.9 Å². The highest BCUT2D eigenvalue weighted by atomic mass is 19.1. The van der Waals surface area contributed by atoms with E-state index in [0.29, 0.717) is 5.75 Å². The van der Waals surface area contributed by atoms with Gasteiger partial charge in [0.05, 0.1) is 19.6 Å². The third kappa shape index (κ3) is 2.92. The van der Waals surface area contributed by atoms with Crippen LogP contribution in [0.25, 0.3) is 0 Å². The van der Waals surface area contributed by atoms with Crippen LogP contribution in [0.5, 0.6) is 5.75 Å².